The summed E-state index contributed by atoms with van der Waals surface area (Å²) in [5, 5.41) is 0. The van der Waals surface area contributed by atoms with E-state index in [9.17, 15) is 4.39 Å². The number of H-pyrrole nitrogens is 1. The van der Waals surface area contributed by atoms with E-state index < -0.39 is 6.17 Å². The number of anilines is 1. The molecule has 1 N–H and O–H groups in total. The molecule has 1 saturated heterocycles. The van der Waals surface area contributed by atoms with Crippen molar-refractivity contribution in [1.82, 2.24) is 19.9 Å². The van der Waals surface area contributed by atoms with Crippen LogP contribution in [-0.2, 0) is 19.5 Å². The molecule has 2 aromatic carbocycles. The maximum atomic E-state index is 14.1. The lowest BCUT2D eigenvalue weighted by Gasteiger charge is -2.25. The molecule has 6 rings (SSSR count). The van der Waals surface area contributed by atoms with Crippen molar-refractivity contribution in [2.24, 2.45) is 0 Å². The highest BCUT2D eigenvalue weighted by Crippen LogP contribution is 2.39. The number of hydrogen-bond donors (Lipinski definition) is 1. The van der Waals surface area contributed by atoms with Crippen molar-refractivity contribution in [2.45, 2.75) is 32.1 Å². The first-order valence-electron chi connectivity index (χ1n) is 12.0. The summed E-state index contributed by atoms with van der Waals surface area (Å²) in [7, 11) is 0. The number of rotatable bonds is 5. The Labute approximate surface area is 199 Å². The van der Waals surface area contributed by atoms with Gasteiger partial charge in [0.15, 0.2) is 0 Å². The number of nitrogens with zero attached hydrogens (tertiary/aromatic N) is 4. The van der Waals surface area contributed by atoms with Crippen molar-refractivity contribution in [3.63, 3.8) is 0 Å². The molecule has 0 radical (unpaired) electrons. The number of imidazole rings is 1. The van der Waals surface area contributed by atoms with E-state index in [1.54, 1.807) is 0 Å². The van der Waals surface area contributed by atoms with Gasteiger partial charge in [0.05, 0.1) is 23.5 Å². The molecule has 34 heavy (non-hydrogen) atoms. The highest BCUT2D eigenvalue weighted by atomic mass is 19.1. The quantitative estimate of drug-likeness (QED) is 0.449. The first-order valence-corrected chi connectivity index (χ1v) is 12.0. The highest BCUT2D eigenvalue weighted by molar-refractivity contribution is 5.88. The monoisotopic (exact) mass is 453 g/mol. The van der Waals surface area contributed by atoms with Gasteiger partial charge in [-0.2, -0.15) is 0 Å². The van der Waals surface area contributed by atoms with Crippen LogP contribution >= 0.6 is 0 Å². The lowest BCUT2D eigenvalue weighted by atomic mass is 10.00. The minimum Gasteiger partial charge on any atom is -0.353 e. The highest BCUT2D eigenvalue weighted by Gasteiger charge is 2.29. The minimum absolute atomic E-state index is 0.378. The van der Waals surface area contributed by atoms with Gasteiger partial charge in [-0.3, -0.25) is 4.90 Å². The Morgan fingerprint density at radius 3 is 2.53 bits per heavy atom. The average Bonchev–Trinajstić information content (AvgIpc) is 3.50. The number of aromatic amines is 1. The molecule has 1 atom stereocenters. The molecule has 2 aromatic heterocycles. The van der Waals surface area contributed by atoms with Gasteiger partial charge < -0.3 is 9.88 Å². The molecule has 1 unspecified atom stereocenters. The number of nitrogens with one attached hydrogen (secondary N) is 1. The maximum Gasteiger partial charge on any atom is 0.142 e. The fourth-order valence-corrected chi connectivity index (χ4v) is 5.14. The van der Waals surface area contributed by atoms with Gasteiger partial charge in [-0.25, -0.2) is 14.4 Å². The molecular formula is C28H28FN5. The van der Waals surface area contributed by atoms with Crippen LogP contribution in [0.3, 0.4) is 0 Å². The average molecular weight is 454 g/mol. The van der Waals surface area contributed by atoms with Gasteiger partial charge in [0.2, 0.25) is 0 Å². The van der Waals surface area contributed by atoms with Crippen LogP contribution in [0.25, 0.3) is 22.5 Å². The largest absolute Gasteiger partial charge is 0.353 e. The Kier molecular flexibility index (Phi) is 5.59. The van der Waals surface area contributed by atoms with Crippen LogP contribution < -0.4 is 4.90 Å². The van der Waals surface area contributed by atoms with Crippen LogP contribution in [0.4, 0.5) is 10.2 Å². The van der Waals surface area contributed by atoms with Gasteiger partial charge in [0, 0.05) is 38.8 Å². The number of pyridine rings is 1. The minimum atomic E-state index is -0.814. The number of halogens is 1. The van der Waals surface area contributed by atoms with Crippen molar-refractivity contribution in [1.29, 1.82) is 0 Å². The molecule has 2 aliphatic rings. The summed E-state index contributed by atoms with van der Waals surface area (Å²) < 4.78 is 14.1. The van der Waals surface area contributed by atoms with Crippen molar-refractivity contribution in [3.05, 3.63) is 89.9 Å². The molecule has 1 fully saturated rings. The van der Waals surface area contributed by atoms with Crippen LogP contribution in [-0.4, -0.2) is 45.7 Å². The summed E-state index contributed by atoms with van der Waals surface area (Å²) in [6.45, 7) is 3.79. The maximum absolute atomic E-state index is 14.1. The van der Waals surface area contributed by atoms with Crippen molar-refractivity contribution in [2.75, 3.05) is 24.5 Å². The lowest BCUT2D eigenvalue weighted by molar-refractivity contribution is 0.241. The van der Waals surface area contributed by atoms with E-state index in [-0.39, 0.29) is 0 Å². The molecule has 4 heterocycles. The molecule has 0 bridgehead atoms. The van der Waals surface area contributed by atoms with E-state index in [0.717, 1.165) is 65.8 Å². The van der Waals surface area contributed by atoms with Gasteiger partial charge in [-0.05, 0) is 29.2 Å². The van der Waals surface area contributed by atoms with E-state index >= 15 is 0 Å². The fourth-order valence-electron chi connectivity index (χ4n) is 5.14. The van der Waals surface area contributed by atoms with Crippen LogP contribution in [0.15, 0.2) is 72.9 Å². The second-order valence-electron chi connectivity index (χ2n) is 9.21. The molecule has 0 spiro atoms. The van der Waals surface area contributed by atoms with E-state index in [2.05, 4.69) is 57.2 Å². The molecule has 4 aromatic rings. The van der Waals surface area contributed by atoms with Gasteiger partial charge >= 0.3 is 0 Å². The van der Waals surface area contributed by atoms with Crippen LogP contribution in [0, 0.1) is 0 Å². The molecule has 172 valence electrons. The summed E-state index contributed by atoms with van der Waals surface area (Å²) in [5.41, 5.74) is 6.75. The Hall–Kier alpha value is -3.51. The number of fused-ring (bicyclic) bond motifs is 1. The molecule has 0 amide bonds. The second-order valence-corrected chi connectivity index (χ2v) is 9.21. The molecule has 2 aliphatic heterocycles. The van der Waals surface area contributed by atoms with Gasteiger partial charge in [-0.1, -0.05) is 60.7 Å². The summed E-state index contributed by atoms with van der Waals surface area (Å²) in [4.78, 5) is 17.9. The van der Waals surface area contributed by atoms with Crippen LogP contribution in [0.5, 0.6) is 0 Å². The summed E-state index contributed by atoms with van der Waals surface area (Å²) in [5.74, 6) is 1.64. The molecule has 0 saturated carbocycles. The SMILES string of the molecule is FC1CCN(c2nccc(-c3ccccc3)c2-c2nc3c([nH]2)CN(Cc2ccccc2)CC3)C1. The summed E-state index contributed by atoms with van der Waals surface area (Å²) >= 11 is 0. The zero-order valence-corrected chi connectivity index (χ0v) is 19.1. The number of aromatic nitrogens is 3. The van der Waals surface area contributed by atoms with Crippen LogP contribution in [0.2, 0.25) is 0 Å². The third-order valence-corrected chi connectivity index (χ3v) is 6.84. The Bertz CT molecular complexity index is 1270. The number of benzene rings is 2. The lowest BCUT2D eigenvalue weighted by Crippen LogP contribution is -2.30. The summed E-state index contributed by atoms with van der Waals surface area (Å²) in [6.07, 6.45) is 2.47. The van der Waals surface area contributed by atoms with Gasteiger partial charge in [0.25, 0.3) is 0 Å². The Morgan fingerprint density at radius 1 is 0.971 bits per heavy atom. The van der Waals surface area contributed by atoms with Gasteiger partial charge in [-0.15, -0.1) is 0 Å². The third-order valence-electron chi connectivity index (χ3n) is 6.84. The predicted octanol–water partition coefficient (Wildman–Crippen LogP) is 5.25. The van der Waals surface area contributed by atoms with E-state index in [1.807, 2.05) is 30.5 Å². The van der Waals surface area contributed by atoms with Crippen LogP contribution in [0.1, 0.15) is 23.4 Å². The van der Waals surface area contributed by atoms with Gasteiger partial charge in [0.1, 0.15) is 17.8 Å². The fraction of sp³-hybridized carbons (Fsp3) is 0.286. The van der Waals surface area contributed by atoms with E-state index in [0.29, 0.717) is 19.5 Å². The molecule has 6 heteroatoms. The van der Waals surface area contributed by atoms with E-state index in [1.165, 1.54) is 5.56 Å². The predicted molar refractivity (Wildman–Crippen MR) is 133 cm³/mol. The smallest absolute Gasteiger partial charge is 0.142 e. The first-order chi connectivity index (χ1) is 16.7. The standard InChI is InChI=1S/C28H28FN5/c29-22-12-16-34(18-22)28-26(23(11-14-30-28)21-9-5-2-6-10-21)27-31-24-13-15-33(19-25(24)32-27)17-20-7-3-1-4-8-20/h1-11,14,22H,12-13,15-19H2,(H,31,32). The summed E-state index contributed by atoms with van der Waals surface area (Å²) in [6, 6.07) is 23.0. The normalized spacial score (nSPS) is 18.3. The number of alkyl halides is 1. The van der Waals surface area contributed by atoms with Crippen molar-refractivity contribution in [3.8, 4) is 22.5 Å². The molecule has 5 nitrogen and oxygen atoms in total. The number of hydrogen-bond acceptors (Lipinski definition) is 4. The molecule has 0 aliphatic carbocycles. The first kappa shape index (κ1) is 21.1. The van der Waals surface area contributed by atoms with Crippen molar-refractivity contribution >= 4 is 5.82 Å². The van der Waals surface area contributed by atoms with E-state index in [4.69, 9.17) is 9.97 Å². The van der Waals surface area contributed by atoms with Crippen molar-refractivity contribution < 1.29 is 4.39 Å². The second kappa shape index (κ2) is 9.03. The Balaban J connectivity index is 1.38. The zero-order valence-electron chi connectivity index (χ0n) is 19.1. The zero-order chi connectivity index (χ0) is 22.9. The third kappa shape index (κ3) is 4.10. The Morgan fingerprint density at radius 2 is 1.76 bits per heavy atom. The molecular weight excluding hydrogens is 425 g/mol. The topological polar surface area (TPSA) is 48.1 Å².